The number of ether oxygens (including phenoxy) is 1. The molecule has 0 saturated heterocycles. The number of nitrogens with zero attached hydrogens (tertiary/aromatic N) is 3. The highest BCUT2D eigenvalue weighted by Crippen LogP contribution is 2.15. The quantitative estimate of drug-likeness (QED) is 0.533. The summed E-state index contributed by atoms with van der Waals surface area (Å²) in [6.07, 6.45) is 1.74. The van der Waals surface area contributed by atoms with E-state index in [-0.39, 0.29) is 0 Å². The molecule has 0 aliphatic rings. The molecule has 6 heteroatoms. The number of anilines is 2. The van der Waals surface area contributed by atoms with Crippen LogP contribution < -0.4 is 16.2 Å². The van der Waals surface area contributed by atoms with Crippen molar-refractivity contribution in [2.75, 3.05) is 37.6 Å². The van der Waals surface area contributed by atoms with Crippen molar-refractivity contribution >= 4 is 11.8 Å². The number of nitrogen functional groups attached to an aromatic ring is 1. The van der Waals surface area contributed by atoms with Crippen LogP contribution in [0.4, 0.5) is 11.8 Å². The van der Waals surface area contributed by atoms with Gasteiger partial charge in [-0.2, -0.15) is 4.98 Å². The zero-order valence-corrected chi connectivity index (χ0v) is 9.32. The first-order chi connectivity index (χ1) is 7.19. The van der Waals surface area contributed by atoms with Gasteiger partial charge < -0.3 is 9.64 Å². The lowest BCUT2D eigenvalue weighted by Gasteiger charge is -2.19. The first-order valence-corrected chi connectivity index (χ1v) is 4.69. The number of hydrogen-bond acceptors (Lipinski definition) is 6. The van der Waals surface area contributed by atoms with Crippen molar-refractivity contribution in [1.29, 1.82) is 0 Å². The summed E-state index contributed by atoms with van der Waals surface area (Å²) >= 11 is 0. The molecule has 3 N–H and O–H groups in total. The molecule has 0 unspecified atom stereocenters. The molecule has 0 atom stereocenters. The van der Waals surface area contributed by atoms with Gasteiger partial charge in [-0.1, -0.05) is 0 Å². The standard InChI is InChI=1S/C9H17N5O/c1-7-6-11-9(13-10)12-8(7)14(2)4-5-15-3/h6H,4-5,10H2,1-3H3,(H,11,12,13). The zero-order valence-electron chi connectivity index (χ0n) is 9.32. The second-order valence-electron chi connectivity index (χ2n) is 3.26. The summed E-state index contributed by atoms with van der Waals surface area (Å²) in [4.78, 5) is 10.3. The molecule has 0 saturated carbocycles. The Morgan fingerprint density at radius 3 is 2.93 bits per heavy atom. The number of methoxy groups -OCH3 is 1. The molecule has 0 aliphatic carbocycles. The smallest absolute Gasteiger partial charge is 0.239 e. The Kier molecular flexibility index (Phi) is 4.26. The van der Waals surface area contributed by atoms with Crippen molar-refractivity contribution in [2.24, 2.45) is 5.84 Å². The fourth-order valence-electron chi connectivity index (χ4n) is 1.22. The third kappa shape index (κ3) is 3.03. The van der Waals surface area contributed by atoms with Gasteiger partial charge in [-0.25, -0.2) is 10.8 Å². The number of rotatable bonds is 5. The maximum atomic E-state index is 5.25. The van der Waals surface area contributed by atoms with E-state index in [1.807, 2.05) is 18.9 Å². The molecule has 0 spiro atoms. The summed E-state index contributed by atoms with van der Waals surface area (Å²) in [5, 5.41) is 0. The van der Waals surface area contributed by atoms with Crippen LogP contribution in [0.5, 0.6) is 0 Å². The van der Waals surface area contributed by atoms with E-state index in [9.17, 15) is 0 Å². The highest BCUT2D eigenvalue weighted by molar-refractivity contribution is 5.47. The maximum Gasteiger partial charge on any atom is 0.239 e. The van der Waals surface area contributed by atoms with Crippen molar-refractivity contribution in [3.63, 3.8) is 0 Å². The number of hydrazine groups is 1. The van der Waals surface area contributed by atoms with Crippen molar-refractivity contribution in [3.8, 4) is 0 Å². The van der Waals surface area contributed by atoms with E-state index in [0.717, 1.165) is 17.9 Å². The molecule has 1 aromatic rings. The predicted molar refractivity (Wildman–Crippen MR) is 59.7 cm³/mol. The second kappa shape index (κ2) is 5.47. The van der Waals surface area contributed by atoms with E-state index in [1.54, 1.807) is 13.3 Å². The summed E-state index contributed by atoms with van der Waals surface area (Å²) in [6.45, 7) is 3.39. The van der Waals surface area contributed by atoms with Crippen LogP contribution in [-0.4, -0.2) is 37.3 Å². The molecule has 0 radical (unpaired) electrons. The van der Waals surface area contributed by atoms with Gasteiger partial charge in [0, 0.05) is 32.5 Å². The Balaban J connectivity index is 2.81. The van der Waals surface area contributed by atoms with Crippen LogP contribution in [0.3, 0.4) is 0 Å². The molecule has 0 fully saturated rings. The molecule has 6 nitrogen and oxygen atoms in total. The average molecular weight is 211 g/mol. The van der Waals surface area contributed by atoms with Gasteiger partial charge in [-0.05, 0) is 6.92 Å². The Hall–Kier alpha value is -1.40. The van der Waals surface area contributed by atoms with Gasteiger partial charge in [0.25, 0.3) is 0 Å². The van der Waals surface area contributed by atoms with Gasteiger partial charge in [0.05, 0.1) is 6.61 Å². The van der Waals surface area contributed by atoms with E-state index in [0.29, 0.717) is 12.6 Å². The molecule has 84 valence electrons. The van der Waals surface area contributed by atoms with E-state index >= 15 is 0 Å². The highest BCUT2D eigenvalue weighted by atomic mass is 16.5. The lowest BCUT2D eigenvalue weighted by atomic mass is 10.3. The monoisotopic (exact) mass is 211 g/mol. The largest absolute Gasteiger partial charge is 0.383 e. The molecular formula is C9H17N5O. The third-order valence-corrected chi connectivity index (χ3v) is 2.07. The minimum Gasteiger partial charge on any atom is -0.383 e. The first kappa shape index (κ1) is 11.7. The number of nitrogens with two attached hydrogens (primary N) is 1. The Morgan fingerprint density at radius 1 is 1.60 bits per heavy atom. The predicted octanol–water partition coefficient (Wildman–Crippen LogP) is 0.153. The number of aromatic nitrogens is 2. The van der Waals surface area contributed by atoms with Crippen molar-refractivity contribution in [1.82, 2.24) is 9.97 Å². The van der Waals surface area contributed by atoms with E-state index < -0.39 is 0 Å². The van der Waals surface area contributed by atoms with Crippen LogP contribution in [0.2, 0.25) is 0 Å². The van der Waals surface area contributed by atoms with E-state index in [1.165, 1.54) is 0 Å². The van der Waals surface area contributed by atoms with Gasteiger partial charge >= 0.3 is 0 Å². The summed E-state index contributed by atoms with van der Waals surface area (Å²) in [6, 6.07) is 0. The van der Waals surface area contributed by atoms with Crippen LogP contribution in [0.15, 0.2) is 6.20 Å². The normalized spacial score (nSPS) is 10.1. The van der Waals surface area contributed by atoms with Crippen LogP contribution in [0.1, 0.15) is 5.56 Å². The maximum absolute atomic E-state index is 5.25. The lowest BCUT2D eigenvalue weighted by molar-refractivity contribution is 0.206. The lowest BCUT2D eigenvalue weighted by Crippen LogP contribution is -2.25. The van der Waals surface area contributed by atoms with Gasteiger partial charge in [-0.15, -0.1) is 0 Å². The second-order valence-corrected chi connectivity index (χ2v) is 3.26. The number of nitrogens with one attached hydrogen (secondary N) is 1. The molecule has 1 aromatic heterocycles. The number of hydrogen-bond donors (Lipinski definition) is 2. The Bertz CT molecular complexity index is 317. The molecule has 0 aromatic carbocycles. The fraction of sp³-hybridized carbons (Fsp3) is 0.556. The van der Waals surface area contributed by atoms with Crippen LogP contribution in [-0.2, 0) is 4.74 Å². The number of likely N-dealkylation sites (N-methyl/N-ethyl adjacent to an activating group) is 1. The fourth-order valence-corrected chi connectivity index (χ4v) is 1.22. The molecule has 15 heavy (non-hydrogen) atoms. The summed E-state index contributed by atoms with van der Waals surface area (Å²) in [5.74, 6) is 6.52. The molecule has 1 rings (SSSR count). The van der Waals surface area contributed by atoms with Gasteiger partial charge in [-0.3, -0.25) is 5.43 Å². The van der Waals surface area contributed by atoms with Crippen LogP contribution in [0.25, 0.3) is 0 Å². The Morgan fingerprint density at radius 2 is 2.33 bits per heavy atom. The molecule has 0 amide bonds. The minimum atomic E-state index is 0.417. The minimum absolute atomic E-state index is 0.417. The van der Waals surface area contributed by atoms with Gasteiger partial charge in [0.2, 0.25) is 5.95 Å². The van der Waals surface area contributed by atoms with Crippen molar-refractivity contribution < 1.29 is 4.74 Å². The van der Waals surface area contributed by atoms with Gasteiger partial charge in [0.15, 0.2) is 0 Å². The summed E-state index contributed by atoms with van der Waals surface area (Å²) < 4.78 is 5.01. The van der Waals surface area contributed by atoms with Gasteiger partial charge in [0.1, 0.15) is 5.82 Å². The van der Waals surface area contributed by atoms with E-state index in [4.69, 9.17) is 10.6 Å². The Labute approximate surface area is 89.4 Å². The SMILES string of the molecule is COCCN(C)c1nc(NN)ncc1C. The average Bonchev–Trinajstić information content (AvgIpc) is 2.26. The third-order valence-electron chi connectivity index (χ3n) is 2.07. The van der Waals surface area contributed by atoms with Crippen molar-refractivity contribution in [3.05, 3.63) is 11.8 Å². The van der Waals surface area contributed by atoms with E-state index in [2.05, 4.69) is 15.4 Å². The topological polar surface area (TPSA) is 76.3 Å². The highest BCUT2D eigenvalue weighted by Gasteiger charge is 2.07. The molecule has 0 bridgehead atoms. The molecule has 1 heterocycles. The van der Waals surface area contributed by atoms with Crippen molar-refractivity contribution in [2.45, 2.75) is 6.92 Å². The molecular weight excluding hydrogens is 194 g/mol. The number of aryl methyl sites for hydroxylation is 1. The van der Waals surface area contributed by atoms with Crippen LogP contribution in [0, 0.1) is 6.92 Å². The first-order valence-electron chi connectivity index (χ1n) is 4.69. The summed E-state index contributed by atoms with van der Waals surface area (Å²) in [7, 11) is 3.63. The summed E-state index contributed by atoms with van der Waals surface area (Å²) in [5.41, 5.74) is 3.43. The van der Waals surface area contributed by atoms with Crippen LogP contribution >= 0.6 is 0 Å². The zero-order chi connectivity index (χ0) is 11.3. The molecule has 0 aliphatic heterocycles.